The average molecular weight is 260 g/mol. The van der Waals surface area contributed by atoms with Crippen molar-refractivity contribution in [2.75, 3.05) is 0 Å². The Kier molecular flexibility index (Phi) is 3.29. The van der Waals surface area contributed by atoms with Gasteiger partial charge in [0.1, 0.15) is 6.10 Å². The van der Waals surface area contributed by atoms with Gasteiger partial charge in [0.2, 0.25) is 5.91 Å². The number of hydrogen-bond acceptors (Lipinski definition) is 3. The van der Waals surface area contributed by atoms with Crippen molar-refractivity contribution in [1.82, 2.24) is 5.32 Å². The molecule has 4 heteroatoms. The monoisotopic (exact) mass is 260 g/mol. The topological polar surface area (TPSA) is 64.4 Å². The van der Waals surface area contributed by atoms with Crippen LogP contribution >= 0.6 is 0 Å². The van der Waals surface area contributed by atoms with Gasteiger partial charge in [-0.05, 0) is 37.3 Å². The van der Waals surface area contributed by atoms with Crippen molar-refractivity contribution >= 4 is 5.91 Å². The second kappa shape index (κ2) is 4.94. The molecule has 1 fully saturated rings. The Morgan fingerprint density at radius 2 is 2.16 bits per heavy atom. The zero-order chi connectivity index (χ0) is 13.4. The van der Waals surface area contributed by atoms with Gasteiger partial charge < -0.3 is 15.8 Å². The number of rotatable bonds is 2. The number of benzene rings is 1. The van der Waals surface area contributed by atoms with Gasteiger partial charge in [0, 0.05) is 6.04 Å². The summed E-state index contributed by atoms with van der Waals surface area (Å²) >= 11 is 0. The van der Waals surface area contributed by atoms with E-state index in [-0.39, 0.29) is 30.2 Å². The number of ether oxygens (including phenoxy) is 1. The van der Waals surface area contributed by atoms with Crippen LogP contribution in [0, 0.1) is 0 Å². The van der Waals surface area contributed by atoms with Gasteiger partial charge in [-0.25, -0.2) is 0 Å². The third-order valence-corrected chi connectivity index (χ3v) is 4.10. The Bertz CT molecular complexity index is 489. The maximum absolute atomic E-state index is 12.2. The summed E-state index contributed by atoms with van der Waals surface area (Å²) < 4.78 is 5.60. The highest BCUT2D eigenvalue weighted by Gasteiger charge is 2.34. The van der Waals surface area contributed by atoms with E-state index in [0.29, 0.717) is 0 Å². The molecule has 1 aliphatic heterocycles. The van der Waals surface area contributed by atoms with E-state index in [1.807, 2.05) is 25.1 Å². The Morgan fingerprint density at radius 3 is 2.89 bits per heavy atom. The molecule has 0 aromatic heterocycles. The molecule has 0 saturated carbocycles. The van der Waals surface area contributed by atoms with Crippen molar-refractivity contribution in [1.29, 1.82) is 0 Å². The molecule has 19 heavy (non-hydrogen) atoms. The Labute approximate surface area is 113 Å². The molecular weight excluding hydrogens is 240 g/mol. The van der Waals surface area contributed by atoms with E-state index in [4.69, 9.17) is 10.5 Å². The third kappa shape index (κ3) is 2.38. The number of nitrogens with one attached hydrogen (secondary N) is 1. The minimum atomic E-state index is -0.310. The van der Waals surface area contributed by atoms with Crippen LogP contribution < -0.4 is 11.1 Å². The summed E-state index contributed by atoms with van der Waals surface area (Å²) in [4.78, 5) is 12.2. The minimum absolute atomic E-state index is 0.0264. The smallest absolute Gasteiger partial charge is 0.249 e. The highest BCUT2D eigenvalue weighted by molar-refractivity contribution is 5.81. The fourth-order valence-corrected chi connectivity index (χ4v) is 3.05. The summed E-state index contributed by atoms with van der Waals surface area (Å²) in [5, 5.41) is 3.06. The molecule has 0 radical (unpaired) electrons. The first-order valence-electron chi connectivity index (χ1n) is 6.94. The average Bonchev–Trinajstić information content (AvgIpc) is 2.95. The molecule has 102 valence electrons. The van der Waals surface area contributed by atoms with Crippen LogP contribution in [-0.4, -0.2) is 24.2 Å². The van der Waals surface area contributed by atoms with Crippen LogP contribution in [0.5, 0.6) is 0 Å². The van der Waals surface area contributed by atoms with E-state index in [0.717, 1.165) is 24.8 Å². The maximum atomic E-state index is 12.2. The molecule has 4 unspecified atom stereocenters. The predicted molar refractivity (Wildman–Crippen MR) is 72.6 cm³/mol. The molecular formula is C15H20N2O2. The van der Waals surface area contributed by atoms with Crippen LogP contribution in [-0.2, 0) is 16.0 Å². The van der Waals surface area contributed by atoms with Gasteiger partial charge in [-0.1, -0.05) is 24.3 Å². The lowest BCUT2D eigenvalue weighted by Gasteiger charge is -2.21. The fourth-order valence-electron chi connectivity index (χ4n) is 3.05. The Hall–Kier alpha value is -1.39. The molecule has 3 rings (SSSR count). The van der Waals surface area contributed by atoms with E-state index in [2.05, 4.69) is 11.4 Å². The number of nitrogens with two attached hydrogens (primary N) is 1. The molecule has 4 atom stereocenters. The van der Waals surface area contributed by atoms with Crippen LogP contribution in [0.25, 0.3) is 0 Å². The molecule has 3 N–H and O–H groups in total. The van der Waals surface area contributed by atoms with Crippen molar-refractivity contribution in [3.8, 4) is 0 Å². The lowest BCUT2D eigenvalue weighted by atomic mass is 10.1. The highest BCUT2D eigenvalue weighted by atomic mass is 16.5. The molecule has 0 spiro atoms. The lowest BCUT2D eigenvalue weighted by Crippen LogP contribution is -2.43. The molecule has 1 aromatic carbocycles. The minimum Gasteiger partial charge on any atom is -0.365 e. The van der Waals surface area contributed by atoms with Crippen LogP contribution in [0.2, 0.25) is 0 Å². The second-order valence-electron chi connectivity index (χ2n) is 5.57. The first kappa shape index (κ1) is 12.6. The van der Waals surface area contributed by atoms with Gasteiger partial charge in [-0.2, -0.15) is 0 Å². The zero-order valence-corrected chi connectivity index (χ0v) is 11.1. The summed E-state index contributed by atoms with van der Waals surface area (Å²) in [7, 11) is 0. The van der Waals surface area contributed by atoms with Gasteiger partial charge >= 0.3 is 0 Å². The Morgan fingerprint density at radius 1 is 1.37 bits per heavy atom. The predicted octanol–water partition coefficient (Wildman–Crippen LogP) is 1.29. The van der Waals surface area contributed by atoms with Gasteiger partial charge in [-0.3, -0.25) is 4.79 Å². The van der Waals surface area contributed by atoms with Gasteiger partial charge in [0.05, 0.1) is 12.1 Å². The van der Waals surface area contributed by atoms with E-state index in [1.54, 1.807) is 0 Å². The van der Waals surface area contributed by atoms with Crippen molar-refractivity contribution in [2.45, 2.75) is 50.5 Å². The summed E-state index contributed by atoms with van der Waals surface area (Å²) in [6.07, 6.45) is 2.45. The van der Waals surface area contributed by atoms with E-state index in [1.165, 1.54) is 5.56 Å². The van der Waals surface area contributed by atoms with Crippen LogP contribution in [0.3, 0.4) is 0 Å². The number of fused-ring (bicyclic) bond motifs is 1. The van der Waals surface area contributed by atoms with Crippen LogP contribution in [0.4, 0.5) is 0 Å². The van der Waals surface area contributed by atoms with Crippen LogP contribution in [0.15, 0.2) is 24.3 Å². The van der Waals surface area contributed by atoms with Crippen molar-refractivity contribution in [3.63, 3.8) is 0 Å². The van der Waals surface area contributed by atoms with E-state index < -0.39 is 0 Å². The van der Waals surface area contributed by atoms with Gasteiger partial charge in [0.25, 0.3) is 0 Å². The summed E-state index contributed by atoms with van der Waals surface area (Å²) in [6, 6.07) is 8.01. The maximum Gasteiger partial charge on any atom is 0.249 e. The van der Waals surface area contributed by atoms with Gasteiger partial charge in [0.15, 0.2) is 0 Å². The number of amides is 1. The quantitative estimate of drug-likeness (QED) is 0.842. The zero-order valence-electron chi connectivity index (χ0n) is 11.1. The fraction of sp³-hybridized carbons (Fsp3) is 0.533. The molecule has 1 saturated heterocycles. The van der Waals surface area contributed by atoms with Crippen molar-refractivity contribution < 1.29 is 9.53 Å². The van der Waals surface area contributed by atoms with Crippen LogP contribution in [0.1, 0.15) is 36.9 Å². The molecule has 4 nitrogen and oxygen atoms in total. The normalized spacial score (nSPS) is 33.2. The molecule has 2 aliphatic rings. The largest absolute Gasteiger partial charge is 0.365 e. The van der Waals surface area contributed by atoms with Crippen molar-refractivity contribution in [2.24, 2.45) is 5.73 Å². The number of carbonyl (C=O) groups is 1. The van der Waals surface area contributed by atoms with Crippen molar-refractivity contribution in [3.05, 3.63) is 35.4 Å². The highest BCUT2D eigenvalue weighted by Crippen LogP contribution is 2.30. The number of hydrogen-bond donors (Lipinski definition) is 2. The lowest BCUT2D eigenvalue weighted by molar-refractivity contribution is -0.132. The Balaban J connectivity index is 1.71. The first-order chi connectivity index (χ1) is 9.15. The molecule has 1 amide bonds. The van der Waals surface area contributed by atoms with E-state index in [9.17, 15) is 4.79 Å². The SMILES string of the molecule is CC1CCC(C(=O)NC2c3ccccc3CC2N)O1. The number of carbonyl (C=O) groups excluding carboxylic acids is 1. The van der Waals surface area contributed by atoms with Gasteiger partial charge in [-0.15, -0.1) is 0 Å². The molecule has 1 aliphatic carbocycles. The molecule has 0 bridgehead atoms. The standard InChI is InChI=1S/C15H20N2O2/c1-9-6-7-13(19-9)15(18)17-14-11-5-3-2-4-10(11)8-12(14)16/h2-5,9,12-14H,6-8,16H2,1H3,(H,17,18). The second-order valence-corrected chi connectivity index (χ2v) is 5.57. The summed E-state index contributed by atoms with van der Waals surface area (Å²) in [5.41, 5.74) is 8.53. The first-order valence-corrected chi connectivity index (χ1v) is 6.94. The molecule has 1 heterocycles. The summed E-state index contributed by atoms with van der Waals surface area (Å²) in [6.45, 7) is 2.00. The summed E-state index contributed by atoms with van der Waals surface area (Å²) in [5.74, 6) is -0.0264. The van der Waals surface area contributed by atoms with E-state index >= 15 is 0 Å². The third-order valence-electron chi connectivity index (χ3n) is 4.10. The molecule has 1 aromatic rings.